The van der Waals surface area contributed by atoms with Crippen LogP contribution in [-0.2, 0) is 23.7 Å². The van der Waals surface area contributed by atoms with Crippen molar-refractivity contribution in [1.82, 2.24) is 4.98 Å². The first-order valence-electron chi connectivity index (χ1n) is 12.6. The van der Waals surface area contributed by atoms with Gasteiger partial charge in [-0.2, -0.15) is 0 Å². The van der Waals surface area contributed by atoms with Gasteiger partial charge in [-0.15, -0.1) is 11.3 Å². The molecule has 0 unspecified atom stereocenters. The fourth-order valence-electron chi connectivity index (χ4n) is 3.61. The van der Waals surface area contributed by atoms with Crippen LogP contribution < -0.4 is 14.2 Å². The van der Waals surface area contributed by atoms with Crippen LogP contribution in [0.15, 0.2) is 41.8 Å². The number of aromatic nitrogens is 1. The molecule has 0 bridgehead atoms. The third-order valence-electron chi connectivity index (χ3n) is 5.24. The third-order valence-corrected chi connectivity index (χ3v) is 6.13. The monoisotopic (exact) mass is 571 g/mol. The second-order valence-corrected chi connectivity index (χ2v) is 8.84. The zero-order valence-corrected chi connectivity index (χ0v) is 24.0. The maximum absolute atomic E-state index is 13.0. The van der Waals surface area contributed by atoms with E-state index in [9.17, 15) is 9.59 Å². The smallest absolute Gasteiger partial charge is 0.344 e. The first kappa shape index (κ1) is 30.6. The molecule has 11 heteroatoms. The standard InChI is InChI=1S/C29H33NO9S/c1-6-35-24-11-9-20(15-25(24)36-7-2)28-30-23(16-40-28)21-13-19(10-12-26(31)37-8-3)27(38-17-33-4)22(14-21)29(32)39-18-34-5/h9-16H,6-8,17-18H2,1-5H3/b12-10+. The molecule has 1 aromatic heterocycles. The van der Waals surface area contributed by atoms with Gasteiger partial charge in [-0.25, -0.2) is 14.6 Å². The fraction of sp³-hybridized carbons (Fsp3) is 0.345. The Bertz CT molecular complexity index is 1320. The summed E-state index contributed by atoms with van der Waals surface area (Å²) < 4.78 is 37.3. The quantitative estimate of drug-likeness (QED) is 0.130. The predicted molar refractivity (Wildman–Crippen MR) is 151 cm³/mol. The van der Waals surface area contributed by atoms with E-state index < -0.39 is 11.9 Å². The van der Waals surface area contributed by atoms with Crippen molar-refractivity contribution in [2.24, 2.45) is 0 Å². The highest BCUT2D eigenvalue weighted by Crippen LogP contribution is 2.37. The van der Waals surface area contributed by atoms with Crippen LogP contribution in [0.2, 0.25) is 0 Å². The lowest BCUT2D eigenvalue weighted by molar-refractivity contribution is -0.137. The van der Waals surface area contributed by atoms with Gasteiger partial charge in [0.2, 0.25) is 0 Å². The molecule has 0 radical (unpaired) electrons. The number of benzene rings is 2. The molecule has 0 spiro atoms. The van der Waals surface area contributed by atoms with Crippen LogP contribution in [0.25, 0.3) is 27.9 Å². The molecule has 10 nitrogen and oxygen atoms in total. The third kappa shape index (κ3) is 8.04. The molecule has 1 heterocycles. The highest BCUT2D eigenvalue weighted by molar-refractivity contribution is 7.13. The van der Waals surface area contributed by atoms with Crippen molar-refractivity contribution in [3.05, 3.63) is 52.9 Å². The Labute approximate surface area is 237 Å². The number of rotatable bonds is 15. The molecular weight excluding hydrogens is 538 g/mol. The predicted octanol–water partition coefficient (Wildman–Crippen LogP) is 5.59. The topological polar surface area (TPSA) is 112 Å². The molecule has 3 rings (SSSR count). The van der Waals surface area contributed by atoms with Gasteiger partial charge in [0.1, 0.15) is 16.3 Å². The summed E-state index contributed by atoms with van der Waals surface area (Å²) in [7, 11) is 2.87. The Balaban J connectivity index is 2.09. The summed E-state index contributed by atoms with van der Waals surface area (Å²) in [6.07, 6.45) is 2.77. The van der Waals surface area contributed by atoms with Crippen LogP contribution in [0, 0.1) is 0 Å². The minimum absolute atomic E-state index is 0.115. The molecule has 0 N–H and O–H groups in total. The normalized spacial score (nSPS) is 10.9. The van der Waals surface area contributed by atoms with Crippen molar-refractivity contribution < 1.29 is 42.7 Å². The highest BCUT2D eigenvalue weighted by atomic mass is 32.1. The molecule has 214 valence electrons. The molecule has 3 aromatic rings. The number of ether oxygens (including phenoxy) is 7. The van der Waals surface area contributed by atoms with Crippen molar-refractivity contribution >= 4 is 29.4 Å². The molecule has 0 saturated heterocycles. The molecule has 0 fully saturated rings. The molecule has 0 amide bonds. The Morgan fingerprint density at radius 2 is 1.60 bits per heavy atom. The van der Waals surface area contributed by atoms with Crippen molar-refractivity contribution in [1.29, 1.82) is 0 Å². The summed E-state index contributed by atoms with van der Waals surface area (Å²) in [6.45, 7) is 6.40. The lowest BCUT2D eigenvalue weighted by atomic mass is 10.0. The van der Waals surface area contributed by atoms with E-state index in [0.29, 0.717) is 41.5 Å². The summed E-state index contributed by atoms with van der Waals surface area (Å²) in [6, 6.07) is 9.04. The van der Waals surface area contributed by atoms with E-state index in [2.05, 4.69) is 0 Å². The van der Waals surface area contributed by atoms with Gasteiger partial charge in [-0.3, -0.25) is 0 Å². The Kier molecular flexibility index (Phi) is 11.9. The number of thiazole rings is 1. The largest absolute Gasteiger partial charge is 0.490 e. The number of carbonyl (C=O) groups is 2. The number of nitrogens with zero attached hydrogens (tertiary/aromatic N) is 1. The summed E-state index contributed by atoms with van der Waals surface area (Å²) in [5.41, 5.74) is 2.61. The second kappa shape index (κ2) is 15.6. The Morgan fingerprint density at radius 3 is 2.30 bits per heavy atom. The second-order valence-electron chi connectivity index (χ2n) is 7.98. The molecule has 40 heavy (non-hydrogen) atoms. The minimum atomic E-state index is -0.677. The van der Waals surface area contributed by atoms with Gasteiger partial charge in [0.15, 0.2) is 25.1 Å². The maximum atomic E-state index is 13.0. The van der Waals surface area contributed by atoms with Crippen LogP contribution in [0.5, 0.6) is 17.2 Å². The highest BCUT2D eigenvalue weighted by Gasteiger charge is 2.21. The minimum Gasteiger partial charge on any atom is -0.490 e. The first-order chi connectivity index (χ1) is 19.4. The van der Waals surface area contributed by atoms with Crippen molar-refractivity contribution in [3.63, 3.8) is 0 Å². The van der Waals surface area contributed by atoms with Crippen LogP contribution in [-0.4, -0.2) is 64.5 Å². The summed E-state index contributed by atoms with van der Waals surface area (Å²) in [5.74, 6) is 0.256. The van der Waals surface area contributed by atoms with Crippen LogP contribution in [0.3, 0.4) is 0 Å². The van der Waals surface area contributed by atoms with Gasteiger partial charge in [0.05, 0.1) is 25.5 Å². The van der Waals surface area contributed by atoms with Gasteiger partial charge in [-0.1, -0.05) is 0 Å². The molecule has 0 aliphatic heterocycles. The molecule has 0 saturated carbocycles. The van der Waals surface area contributed by atoms with Gasteiger partial charge in [0.25, 0.3) is 0 Å². The van der Waals surface area contributed by atoms with Crippen molar-refractivity contribution in [2.75, 3.05) is 47.6 Å². The number of carbonyl (C=O) groups excluding carboxylic acids is 2. The number of hydrogen-bond acceptors (Lipinski definition) is 11. The average molecular weight is 572 g/mol. The van der Waals surface area contributed by atoms with Gasteiger partial charge in [-0.05, 0) is 57.2 Å². The summed E-state index contributed by atoms with van der Waals surface area (Å²) in [5, 5.41) is 2.62. The molecule has 0 atom stereocenters. The van der Waals surface area contributed by atoms with Crippen LogP contribution >= 0.6 is 11.3 Å². The van der Waals surface area contributed by atoms with E-state index in [1.807, 2.05) is 37.4 Å². The van der Waals surface area contributed by atoms with Gasteiger partial charge >= 0.3 is 11.9 Å². The maximum Gasteiger partial charge on any atom is 0.344 e. The summed E-state index contributed by atoms with van der Waals surface area (Å²) in [4.78, 5) is 29.8. The van der Waals surface area contributed by atoms with E-state index in [-0.39, 0.29) is 31.5 Å². The van der Waals surface area contributed by atoms with E-state index in [4.69, 9.17) is 38.1 Å². The SMILES string of the molecule is CCOC(=O)/C=C/c1cc(-c2csc(-c3ccc(OCC)c(OCC)c3)n2)cc(C(=O)OCOC)c1OCOC. The Hall–Kier alpha value is -3.93. The number of methoxy groups -OCH3 is 2. The molecule has 0 aliphatic carbocycles. The zero-order chi connectivity index (χ0) is 28.9. The zero-order valence-electron chi connectivity index (χ0n) is 23.2. The van der Waals surface area contributed by atoms with Crippen LogP contribution in [0.4, 0.5) is 0 Å². The fourth-order valence-corrected chi connectivity index (χ4v) is 4.44. The van der Waals surface area contributed by atoms with Crippen molar-refractivity contribution in [3.8, 4) is 39.1 Å². The molecule has 2 aromatic carbocycles. The number of hydrogen-bond donors (Lipinski definition) is 0. The van der Waals surface area contributed by atoms with Gasteiger partial charge < -0.3 is 33.2 Å². The van der Waals surface area contributed by atoms with E-state index >= 15 is 0 Å². The van der Waals surface area contributed by atoms with Gasteiger partial charge in [0, 0.05) is 42.4 Å². The number of esters is 2. The van der Waals surface area contributed by atoms with E-state index in [1.54, 1.807) is 19.1 Å². The average Bonchev–Trinajstić information content (AvgIpc) is 3.45. The lowest BCUT2D eigenvalue weighted by Gasteiger charge is -2.15. The molecule has 0 aliphatic rings. The lowest BCUT2D eigenvalue weighted by Crippen LogP contribution is -2.12. The summed E-state index contributed by atoms with van der Waals surface area (Å²) >= 11 is 1.43. The first-order valence-corrected chi connectivity index (χ1v) is 13.5. The Morgan fingerprint density at radius 1 is 0.850 bits per heavy atom. The molecular formula is C29H33NO9S. The van der Waals surface area contributed by atoms with E-state index in [1.165, 1.54) is 37.7 Å². The van der Waals surface area contributed by atoms with Crippen LogP contribution in [0.1, 0.15) is 36.7 Å². The van der Waals surface area contributed by atoms with E-state index in [0.717, 1.165) is 10.6 Å². The van der Waals surface area contributed by atoms with Crippen molar-refractivity contribution in [2.45, 2.75) is 20.8 Å².